The van der Waals surface area contributed by atoms with Crippen LogP contribution in [0.1, 0.15) is 17.3 Å². The minimum absolute atomic E-state index is 0.0347. The van der Waals surface area contributed by atoms with Crippen LogP contribution in [0.5, 0.6) is 0 Å². The monoisotopic (exact) mass is 316 g/mol. The van der Waals surface area contributed by atoms with Gasteiger partial charge in [-0.25, -0.2) is 0 Å². The molecule has 0 bridgehead atoms. The third-order valence-electron chi connectivity index (χ3n) is 3.66. The minimum atomic E-state index is 0.0347. The maximum Gasteiger partial charge on any atom is 0.200 e. The molecule has 3 aromatic carbocycles. The maximum absolute atomic E-state index is 12.0. The first-order valence-corrected chi connectivity index (χ1v) is 7.63. The van der Waals surface area contributed by atoms with Crippen LogP contribution < -0.4 is 5.43 Å². The molecule has 0 amide bonds. The second-order valence-electron chi connectivity index (χ2n) is 5.35. The molecule has 0 fully saturated rings. The number of Topliss-reactive ketones (excluding diaryl/α,β-unsaturated/α-hetero) is 1. The molecule has 4 aromatic rings. The van der Waals surface area contributed by atoms with E-state index in [4.69, 9.17) is 4.42 Å². The first kappa shape index (κ1) is 15.7. The lowest BCUT2D eigenvalue weighted by atomic mass is 10.1. The lowest BCUT2D eigenvalue weighted by Crippen LogP contribution is -2.01. The van der Waals surface area contributed by atoms with E-state index in [0.29, 0.717) is 21.9 Å². The van der Waals surface area contributed by atoms with Crippen LogP contribution in [-0.4, -0.2) is 5.78 Å². The zero-order valence-electron chi connectivity index (χ0n) is 13.2. The van der Waals surface area contributed by atoms with E-state index >= 15 is 0 Å². The molecule has 0 saturated carbocycles. The Morgan fingerprint density at radius 2 is 1.17 bits per heavy atom. The summed E-state index contributed by atoms with van der Waals surface area (Å²) in [6.45, 7) is 1.56. The summed E-state index contributed by atoms with van der Waals surface area (Å²) < 4.78 is 5.63. The lowest BCUT2D eigenvalue weighted by Gasteiger charge is -1.99. The second kappa shape index (κ2) is 6.92. The van der Waals surface area contributed by atoms with Gasteiger partial charge < -0.3 is 4.42 Å². The van der Waals surface area contributed by atoms with Crippen molar-refractivity contribution in [1.29, 1.82) is 0 Å². The molecule has 0 N–H and O–H groups in total. The van der Waals surface area contributed by atoms with Crippen LogP contribution in [0.4, 0.5) is 0 Å². The highest BCUT2D eigenvalue weighted by Crippen LogP contribution is 2.17. The number of fused-ring (bicyclic) bond motifs is 2. The van der Waals surface area contributed by atoms with Crippen molar-refractivity contribution >= 4 is 27.7 Å². The summed E-state index contributed by atoms with van der Waals surface area (Å²) in [7, 11) is 0. The van der Waals surface area contributed by atoms with Gasteiger partial charge in [0.15, 0.2) is 5.78 Å². The smallest absolute Gasteiger partial charge is 0.200 e. The average molecular weight is 316 g/mol. The predicted octanol–water partition coefficient (Wildman–Crippen LogP) is 4.84. The van der Waals surface area contributed by atoms with Gasteiger partial charge in [0.25, 0.3) is 0 Å². The van der Waals surface area contributed by atoms with Crippen LogP contribution in [0.2, 0.25) is 0 Å². The van der Waals surface area contributed by atoms with Crippen LogP contribution >= 0.6 is 0 Å². The molecule has 118 valence electrons. The molecular weight excluding hydrogens is 300 g/mol. The zero-order valence-corrected chi connectivity index (χ0v) is 13.2. The number of carbonyl (C=O) groups is 1. The summed E-state index contributed by atoms with van der Waals surface area (Å²) in [5.74, 6) is 0.121. The molecule has 0 spiro atoms. The summed E-state index contributed by atoms with van der Waals surface area (Å²) >= 11 is 0. The molecule has 0 unspecified atom stereocenters. The molecule has 0 aliphatic heterocycles. The minimum Gasteiger partial charge on any atom is -0.456 e. The molecule has 0 aliphatic rings. The highest BCUT2D eigenvalue weighted by molar-refractivity contribution is 5.93. The van der Waals surface area contributed by atoms with Crippen molar-refractivity contribution in [2.75, 3.05) is 0 Å². The van der Waals surface area contributed by atoms with Gasteiger partial charge in [-0.05, 0) is 31.2 Å². The summed E-state index contributed by atoms with van der Waals surface area (Å²) in [5, 5.41) is 1.27. The predicted molar refractivity (Wildman–Crippen MR) is 96.4 cm³/mol. The molecule has 1 heterocycles. The van der Waals surface area contributed by atoms with Crippen LogP contribution in [0.25, 0.3) is 21.9 Å². The van der Waals surface area contributed by atoms with E-state index in [1.165, 1.54) is 0 Å². The Balaban J connectivity index is 0.000000162. The quantitative estimate of drug-likeness (QED) is 0.373. The van der Waals surface area contributed by atoms with Gasteiger partial charge in [-0.1, -0.05) is 54.6 Å². The second-order valence-corrected chi connectivity index (χ2v) is 5.35. The zero-order chi connectivity index (χ0) is 16.9. The van der Waals surface area contributed by atoms with Gasteiger partial charge in [0.1, 0.15) is 11.2 Å². The fourth-order valence-electron chi connectivity index (χ4n) is 2.42. The molecule has 3 nitrogen and oxygen atoms in total. The van der Waals surface area contributed by atoms with Crippen molar-refractivity contribution in [3.8, 4) is 0 Å². The largest absolute Gasteiger partial charge is 0.456 e. The van der Waals surface area contributed by atoms with Crippen molar-refractivity contribution in [3.05, 3.63) is 94.6 Å². The normalized spacial score (nSPS) is 10.2. The first-order chi connectivity index (χ1) is 11.7. The van der Waals surface area contributed by atoms with E-state index in [9.17, 15) is 9.59 Å². The van der Waals surface area contributed by atoms with Crippen LogP contribution in [-0.2, 0) is 0 Å². The number of benzene rings is 3. The number of hydrogen-bond donors (Lipinski definition) is 0. The van der Waals surface area contributed by atoms with Crippen molar-refractivity contribution < 1.29 is 9.21 Å². The van der Waals surface area contributed by atoms with Crippen molar-refractivity contribution in [1.82, 2.24) is 0 Å². The Labute approximate surface area is 139 Å². The van der Waals surface area contributed by atoms with Gasteiger partial charge in [0.2, 0.25) is 5.43 Å². The van der Waals surface area contributed by atoms with E-state index in [1.807, 2.05) is 66.7 Å². The Kier molecular flexibility index (Phi) is 4.52. The molecule has 0 radical (unpaired) electrons. The van der Waals surface area contributed by atoms with Crippen LogP contribution in [0.15, 0.2) is 88.1 Å². The third kappa shape index (κ3) is 3.25. The lowest BCUT2D eigenvalue weighted by molar-refractivity contribution is 0.101. The van der Waals surface area contributed by atoms with Gasteiger partial charge in [0, 0.05) is 5.56 Å². The number of carbonyl (C=O) groups excluding carboxylic acids is 1. The molecule has 24 heavy (non-hydrogen) atoms. The standard InChI is InChI=1S/C13H8O2.C8H8O/c14-13-9-5-1-3-7-11(9)15-12-8-4-2-6-10(12)13;1-7(9)8-5-3-2-4-6-8/h1-8H;2-6H,1H3. The number of para-hydroxylation sites is 2. The molecule has 0 saturated heterocycles. The molecular formula is C21H16O3. The summed E-state index contributed by atoms with van der Waals surface area (Å²) in [5.41, 5.74) is 2.09. The molecule has 3 heteroatoms. The third-order valence-corrected chi connectivity index (χ3v) is 3.66. The van der Waals surface area contributed by atoms with E-state index in [0.717, 1.165) is 5.56 Å². The van der Waals surface area contributed by atoms with E-state index in [-0.39, 0.29) is 11.2 Å². The van der Waals surface area contributed by atoms with Crippen molar-refractivity contribution in [3.63, 3.8) is 0 Å². The van der Waals surface area contributed by atoms with Gasteiger partial charge in [0.05, 0.1) is 10.8 Å². The Morgan fingerprint density at radius 3 is 1.62 bits per heavy atom. The summed E-state index contributed by atoms with van der Waals surface area (Å²) in [6, 6.07) is 23.8. The van der Waals surface area contributed by atoms with E-state index in [2.05, 4.69) is 0 Å². The Hall–Kier alpha value is -3.20. The average Bonchev–Trinajstić information content (AvgIpc) is 2.63. The Bertz CT molecular complexity index is 990. The highest BCUT2D eigenvalue weighted by Gasteiger charge is 2.04. The maximum atomic E-state index is 12.0. The molecule has 0 aliphatic carbocycles. The number of rotatable bonds is 1. The molecule has 0 atom stereocenters. The Morgan fingerprint density at radius 1 is 0.708 bits per heavy atom. The highest BCUT2D eigenvalue weighted by atomic mass is 16.3. The van der Waals surface area contributed by atoms with Crippen molar-refractivity contribution in [2.24, 2.45) is 0 Å². The van der Waals surface area contributed by atoms with Gasteiger partial charge in [-0.15, -0.1) is 0 Å². The first-order valence-electron chi connectivity index (χ1n) is 7.63. The fraction of sp³-hybridized carbons (Fsp3) is 0.0476. The SMILES string of the molecule is CC(=O)c1ccccc1.O=c1c2ccccc2oc2ccccc12. The number of hydrogen-bond acceptors (Lipinski definition) is 3. The topological polar surface area (TPSA) is 47.3 Å². The molecule has 4 rings (SSSR count). The summed E-state index contributed by atoms with van der Waals surface area (Å²) in [6.07, 6.45) is 0. The fourth-order valence-corrected chi connectivity index (χ4v) is 2.42. The van der Waals surface area contributed by atoms with Crippen LogP contribution in [0, 0.1) is 0 Å². The van der Waals surface area contributed by atoms with Gasteiger partial charge in [-0.3, -0.25) is 9.59 Å². The van der Waals surface area contributed by atoms with Gasteiger partial charge >= 0.3 is 0 Å². The van der Waals surface area contributed by atoms with Crippen molar-refractivity contribution in [2.45, 2.75) is 6.92 Å². The summed E-state index contributed by atoms with van der Waals surface area (Å²) in [4.78, 5) is 22.7. The van der Waals surface area contributed by atoms with E-state index < -0.39 is 0 Å². The number of ketones is 1. The van der Waals surface area contributed by atoms with Crippen LogP contribution in [0.3, 0.4) is 0 Å². The van der Waals surface area contributed by atoms with E-state index in [1.54, 1.807) is 19.1 Å². The molecule has 1 aromatic heterocycles. The van der Waals surface area contributed by atoms with Gasteiger partial charge in [-0.2, -0.15) is 0 Å².